The summed E-state index contributed by atoms with van der Waals surface area (Å²) in [5.74, 6) is 0. The highest BCUT2D eigenvalue weighted by Crippen LogP contribution is 2.19. The Hall–Kier alpha value is -0.670. The molecule has 0 radical (unpaired) electrons. The Labute approximate surface area is 106 Å². The van der Waals surface area contributed by atoms with Crippen LogP contribution in [0.25, 0.3) is 0 Å². The van der Waals surface area contributed by atoms with Crippen molar-refractivity contribution in [3.8, 4) is 0 Å². The molecule has 1 aliphatic rings. The highest BCUT2D eigenvalue weighted by Gasteiger charge is 2.15. The van der Waals surface area contributed by atoms with Gasteiger partial charge in [0.2, 0.25) is 0 Å². The second-order valence-corrected chi connectivity index (χ2v) is 5.59. The minimum Gasteiger partial charge on any atom is -0.214 e. The van der Waals surface area contributed by atoms with Gasteiger partial charge in [-0.3, -0.25) is 0 Å². The van der Waals surface area contributed by atoms with E-state index in [9.17, 15) is 0 Å². The summed E-state index contributed by atoms with van der Waals surface area (Å²) >= 11 is 3.67. The molecule has 1 aromatic rings. The molecule has 1 nitrogen and oxygen atoms in total. The summed E-state index contributed by atoms with van der Waals surface area (Å²) < 4.78 is 3.86. The maximum atomic E-state index is 2.45. The van der Waals surface area contributed by atoms with Crippen LogP contribution in [-0.4, -0.2) is 28.3 Å². The molecule has 3 heteroatoms. The van der Waals surface area contributed by atoms with Crippen LogP contribution in [0.15, 0.2) is 41.8 Å². The monoisotopic (exact) mass is 250 g/mol. The van der Waals surface area contributed by atoms with Gasteiger partial charge in [0, 0.05) is 6.42 Å². The Morgan fingerprint density at radius 3 is 2.88 bits per heavy atom. The van der Waals surface area contributed by atoms with Crippen LogP contribution in [0, 0.1) is 0 Å². The van der Waals surface area contributed by atoms with E-state index in [4.69, 9.17) is 0 Å². The van der Waals surface area contributed by atoms with Gasteiger partial charge in [-0.15, -0.1) is 0 Å². The van der Waals surface area contributed by atoms with E-state index >= 15 is 0 Å². The zero-order valence-electron chi connectivity index (χ0n) is 9.43. The molecule has 0 spiro atoms. The predicted octanol–water partition coefficient (Wildman–Crippen LogP) is 3.22. The third-order valence-electron chi connectivity index (χ3n) is 2.54. The van der Waals surface area contributed by atoms with Crippen molar-refractivity contribution in [2.45, 2.75) is 6.42 Å². The topological polar surface area (TPSA) is 3.01 Å². The van der Waals surface area contributed by atoms with Crippen molar-refractivity contribution >= 4 is 27.9 Å². The Kier molecular flexibility index (Phi) is 4.55. The van der Waals surface area contributed by atoms with Crippen LogP contribution in [0.5, 0.6) is 0 Å². The number of hydrogen-bond donors (Lipinski definition) is 0. The minimum atomic E-state index is 1.05. The van der Waals surface area contributed by atoms with Crippen LogP contribution >= 0.6 is 23.5 Å². The van der Waals surface area contributed by atoms with Gasteiger partial charge in [-0.2, -0.15) is 0 Å². The van der Waals surface area contributed by atoms with Crippen molar-refractivity contribution in [2.24, 2.45) is 0 Å². The normalized spacial score (nSPS) is 15.6. The van der Waals surface area contributed by atoms with E-state index in [-0.39, 0.29) is 0 Å². The summed E-state index contributed by atoms with van der Waals surface area (Å²) in [4.78, 5) is 0. The third kappa shape index (κ3) is 3.16. The van der Waals surface area contributed by atoms with Gasteiger partial charge in [0.15, 0.2) is 6.54 Å². The fourth-order valence-electron chi connectivity index (χ4n) is 1.69. The average molecular weight is 250 g/mol. The van der Waals surface area contributed by atoms with Gasteiger partial charge in [0.05, 0.1) is 0 Å². The van der Waals surface area contributed by atoms with Gasteiger partial charge >= 0.3 is 0 Å². The molecule has 2 rings (SSSR count). The van der Waals surface area contributed by atoms with E-state index in [1.54, 1.807) is 0 Å². The van der Waals surface area contributed by atoms with Crippen molar-refractivity contribution in [1.82, 2.24) is 0 Å². The lowest BCUT2D eigenvalue weighted by atomic mass is 10.1. The van der Waals surface area contributed by atoms with Crippen molar-refractivity contribution in [2.75, 3.05) is 19.3 Å². The zero-order valence-corrected chi connectivity index (χ0v) is 11.1. The van der Waals surface area contributed by atoms with Crippen molar-refractivity contribution < 1.29 is 4.58 Å². The molecule has 16 heavy (non-hydrogen) atoms. The molecule has 0 aliphatic carbocycles. The fraction of sp³-hybridized carbons (Fsp3) is 0.308. The van der Waals surface area contributed by atoms with Crippen molar-refractivity contribution in [3.63, 3.8) is 0 Å². The van der Waals surface area contributed by atoms with Crippen LogP contribution in [0.4, 0.5) is 0 Å². The largest absolute Gasteiger partial charge is 0.274 e. The highest BCUT2D eigenvalue weighted by atomic mass is 32.2. The zero-order chi connectivity index (χ0) is 11.2. The van der Waals surface area contributed by atoms with Crippen LogP contribution in [0.2, 0.25) is 0 Å². The summed E-state index contributed by atoms with van der Waals surface area (Å²) in [5.41, 5.74) is 1.42. The third-order valence-corrected chi connectivity index (χ3v) is 4.72. The van der Waals surface area contributed by atoms with Gasteiger partial charge in [-0.1, -0.05) is 42.1 Å². The molecule has 0 atom stereocenters. The predicted molar refractivity (Wildman–Crippen MR) is 75.4 cm³/mol. The van der Waals surface area contributed by atoms with Gasteiger partial charge in [0.25, 0.3) is 4.38 Å². The molecule has 84 valence electrons. The number of thioether (sulfide) groups is 2. The smallest absolute Gasteiger partial charge is 0.214 e. The summed E-state index contributed by atoms with van der Waals surface area (Å²) in [5, 5.41) is 2.19. The molecule has 0 saturated carbocycles. The fourth-order valence-corrected chi connectivity index (χ4v) is 3.28. The Balaban J connectivity index is 1.97. The lowest BCUT2D eigenvalue weighted by molar-refractivity contribution is -0.512. The molecule has 1 heterocycles. The number of hydrogen-bond acceptors (Lipinski definition) is 2. The van der Waals surface area contributed by atoms with Crippen LogP contribution in [-0.2, 0) is 6.42 Å². The molecule has 0 bridgehead atoms. The lowest BCUT2D eigenvalue weighted by Crippen LogP contribution is -2.22. The standard InChI is InChI=1S/C13H16NS2/c1-15-13-14(9-5-11-16-13)10-8-12-6-3-2-4-7-12/h2-7,11H,8-10H2,1H3/q+1. The van der Waals surface area contributed by atoms with Crippen LogP contribution < -0.4 is 0 Å². The van der Waals surface area contributed by atoms with Crippen molar-refractivity contribution in [3.05, 3.63) is 47.4 Å². The SMILES string of the molecule is CSC1=[N+](CCc2ccccc2)CC=CS1. The highest BCUT2D eigenvalue weighted by molar-refractivity contribution is 8.39. The van der Waals surface area contributed by atoms with Crippen molar-refractivity contribution in [1.29, 1.82) is 0 Å². The van der Waals surface area contributed by atoms with Gasteiger partial charge in [0.1, 0.15) is 6.54 Å². The second kappa shape index (κ2) is 6.16. The first kappa shape index (κ1) is 11.8. The first-order valence-corrected chi connectivity index (χ1v) is 7.52. The Morgan fingerprint density at radius 2 is 2.12 bits per heavy atom. The van der Waals surface area contributed by atoms with Gasteiger partial charge in [-0.25, -0.2) is 4.58 Å². The van der Waals surface area contributed by atoms with E-state index in [2.05, 4.69) is 52.6 Å². The molecular formula is C13H16NS2+. The molecule has 0 saturated heterocycles. The average Bonchev–Trinajstić information content (AvgIpc) is 2.38. The van der Waals surface area contributed by atoms with E-state index in [0.29, 0.717) is 0 Å². The van der Waals surface area contributed by atoms with E-state index in [0.717, 1.165) is 19.5 Å². The van der Waals surface area contributed by atoms with Gasteiger partial charge < -0.3 is 0 Å². The number of benzene rings is 1. The first-order chi connectivity index (χ1) is 7.90. The van der Waals surface area contributed by atoms with Gasteiger partial charge in [-0.05, 0) is 35.1 Å². The van der Waals surface area contributed by atoms with E-state index in [1.807, 2.05) is 23.5 Å². The quantitative estimate of drug-likeness (QED) is 0.758. The summed E-state index contributed by atoms with van der Waals surface area (Å²) in [6.07, 6.45) is 5.51. The molecule has 0 amide bonds. The second-order valence-electron chi connectivity index (χ2n) is 3.64. The first-order valence-electron chi connectivity index (χ1n) is 5.41. The van der Waals surface area contributed by atoms with Crippen LogP contribution in [0.3, 0.4) is 0 Å². The number of rotatable bonds is 3. The van der Waals surface area contributed by atoms with E-state index < -0.39 is 0 Å². The molecule has 1 aromatic carbocycles. The molecule has 0 N–H and O–H groups in total. The summed E-state index contributed by atoms with van der Waals surface area (Å²) in [7, 11) is 0. The maximum Gasteiger partial charge on any atom is 0.274 e. The maximum absolute atomic E-state index is 2.45. The summed E-state index contributed by atoms with van der Waals surface area (Å²) in [6, 6.07) is 10.7. The van der Waals surface area contributed by atoms with E-state index in [1.165, 1.54) is 9.94 Å². The molecule has 0 aromatic heterocycles. The molecule has 0 fully saturated rings. The molecular weight excluding hydrogens is 234 g/mol. The van der Waals surface area contributed by atoms with Crippen LogP contribution in [0.1, 0.15) is 5.56 Å². The summed E-state index contributed by atoms with van der Waals surface area (Å²) in [6.45, 7) is 2.16. The number of nitrogens with zero attached hydrogens (tertiary/aromatic N) is 1. The molecule has 1 aliphatic heterocycles. The minimum absolute atomic E-state index is 1.05. The molecule has 0 unspecified atom stereocenters. The Bertz CT molecular complexity index is 396. The Morgan fingerprint density at radius 1 is 1.31 bits per heavy atom. The lowest BCUT2D eigenvalue weighted by Gasteiger charge is -2.08.